The van der Waals surface area contributed by atoms with E-state index in [4.69, 9.17) is 16.3 Å². The number of hydrogen-bond donors (Lipinski definition) is 1. The molecular formula is C16H13ClFNO3. The Morgan fingerprint density at radius 3 is 2.64 bits per heavy atom. The number of halogens is 2. The number of anilines is 1. The molecule has 0 aromatic heterocycles. The van der Waals surface area contributed by atoms with E-state index in [0.717, 1.165) is 11.6 Å². The highest BCUT2D eigenvalue weighted by molar-refractivity contribution is 6.33. The van der Waals surface area contributed by atoms with Gasteiger partial charge in [-0.1, -0.05) is 29.8 Å². The molecule has 0 radical (unpaired) electrons. The van der Waals surface area contributed by atoms with Gasteiger partial charge in [0.25, 0.3) is 5.91 Å². The molecule has 0 saturated heterocycles. The first kappa shape index (κ1) is 16.0. The van der Waals surface area contributed by atoms with Gasteiger partial charge in [0.15, 0.2) is 6.61 Å². The van der Waals surface area contributed by atoms with E-state index in [1.807, 2.05) is 13.0 Å². The molecular weight excluding hydrogens is 309 g/mol. The van der Waals surface area contributed by atoms with Crippen molar-refractivity contribution in [3.8, 4) is 0 Å². The Hall–Kier alpha value is -2.40. The van der Waals surface area contributed by atoms with Crippen LogP contribution in [-0.4, -0.2) is 18.5 Å². The molecule has 0 bridgehead atoms. The second-order valence-electron chi connectivity index (χ2n) is 4.59. The highest BCUT2D eigenvalue weighted by Gasteiger charge is 2.18. The van der Waals surface area contributed by atoms with Crippen molar-refractivity contribution in [2.75, 3.05) is 11.9 Å². The average molecular weight is 322 g/mol. The zero-order chi connectivity index (χ0) is 16.1. The molecule has 0 atom stereocenters. The predicted molar refractivity (Wildman–Crippen MR) is 81.5 cm³/mol. The van der Waals surface area contributed by atoms with E-state index < -0.39 is 24.3 Å². The van der Waals surface area contributed by atoms with Gasteiger partial charge >= 0.3 is 5.97 Å². The molecule has 2 aromatic rings. The van der Waals surface area contributed by atoms with Gasteiger partial charge in [0.1, 0.15) is 11.4 Å². The molecule has 2 aromatic carbocycles. The third-order valence-electron chi connectivity index (χ3n) is 2.80. The number of benzene rings is 2. The molecule has 4 nitrogen and oxygen atoms in total. The SMILES string of the molecule is Cc1cccc(NC(=O)COC(=O)c2c(F)cccc2Cl)c1. The zero-order valence-corrected chi connectivity index (χ0v) is 12.5. The van der Waals surface area contributed by atoms with Gasteiger partial charge in [-0.15, -0.1) is 0 Å². The van der Waals surface area contributed by atoms with Gasteiger partial charge in [-0.3, -0.25) is 4.79 Å². The van der Waals surface area contributed by atoms with Crippen LogP contribution in [0.15, 0.2) is 42.5 Å². The summed E-state index contributed by atoms with van der Waals surface area (Å²) in [6.07, 6.45) is 0. The number of nitrogens with one attached hydrogen (secondary N) is 1. The first-order valence-corrected chi connectivity index (χ1v) is 6.83. The number of amides is 1. The molecule has 0 aliphatic heterocycles. The Balaban J connectivity index is 1.95. The number of carbonyl (C=O) groups is 2. The lowest BCUT2D eigenvalue weighted by Crippen LogP contribution is -2.21. The van der Waals surface area contributed by atoms with Gasteiger partial charge in [0.05, 0.1) is 5.02 Å². The lowest BCUT2D eigenvalue weighted by molar-refractivity contribution is -0.119. The van der Waals surface area contributed by atoms with Gasteiger partial charge < -0.3 is 10.1 Å². The lowest BCUT2D eigenvalue weighted by atomic mass is 10.2. The fourth-order valence-electron chi connectivity index (χ4n) is 1.82. The van der Waals surface area contributed by atoms with Crippen LogP contribution >= 0.6 is 11.6 Å². The molecule has 0 aliphatic carbocycles. The Kier molecular flexibility index (Phi) is 5.12. The zero-order valence-electron chi connectivity index (χ0n) is 11.7. The fraction of sp³-hybridized carbons (Fsp3) is 0.125. The molecule has 0 unspecified atom stereocenters. The third kappa shape index (κ3) is 4.05. The molecule has 2 rings (SSSR count). The summed E-state index contributed by atoms with van der Waals surface area (Å²) in [5.74, 6) is -2.30. The summed E-state index contributed by atoms with van der Waals surface area (Å²) in [5.41, 5.74) is 1.19. The standard InChI is InChI=1S/C16H13ClFNO3/c1-10-4-2-5-11(8-10)19-14(20)9-22-16(21)15-12(17)6-3-7-13(15)18/h2-8H,9H2,1H3,(H,19,20). The number of carbonyl (C=O) groups excluding carboxylic acids is 2. The summed E-state index contributed by atoms with van der Waals surface area (Å²) < 4.78 is 18.3. The Labute approximate surface area is 131 Å². The molecule has 0 heterocycles. The van der Waals surface area contributed by atoms with Gasteiger partial charge in [0, 0.05) is 5.69 Å². The summed E-state index contributed by atoms with van der Waals surface area (Å²) in [4.78, 5) is 23.5. The first-order chi connectivity index (χ1) is 10.5. The number of hydrogen-bond acceptors (Lipinski definition) is 3. The third-order valence-corrected chi connectivity index (χ3v) is 3.12. The first-order valence-electron chi connectivity index (χ1n) is 6.45. The number of aryl methyl sites for hydroxylation is 1. The maximum Gasteiger partial charge on any atom is 0.343 e. The molecule has 1 N–H and O–H groups in total. The van der Waals surface area contributed by atoms with E-state index in [2.05, 4.69) is 5.32 Å². The number of ether oxygens (including phenoxy) is 1. The molecule has 6 heteroatoms. The predicted octanol–water partition coefficient (Wildman–Crippen LogP) is 3.58. The topological polar surface area (TPSA) is 55.4 Å². The van der Waals surface area contributed by atoms with Crippen molar-refractivity contribution in [1.82, 2.24) is 0 Å². The van der Waals surface area contributed by atoms with Crippen LogP contribution in [0.2, 0.25) is 5.02 Å². The Morgan fingerprint density at radius 2 is 1.95 bits per heavy atom. The van der Waals surface area contributed by atoms with Crippen molar-refractivity contribution in [1.29, 1.82) is 0 Å². The van der Waals surface area contributed by atoms with Crippen molar-refractivity contribution in [3.05, 3.63) is 64.4 Å². The molecule has 0 spiro atoms. The van der Waals surface area contributed by atoms with Gasteiger partial charge in [-0.25, -0.2) is 9.18 Å². The average Bonchev–Trinajstić information content (AvgIpc) is 2.45. The van der Waals surface area contributed by atoms with E-state index in [-0.39, 0.29) is 10.6 Å². The van der Waals surface area contributed by atoms with Crippen molar-refractivity contribution in [2.24, 2.45) is 0 Å². The van der Waals surface area contributed by atoms with E-state index in [9.17, 15) is 14.0 Å². The van der Waals surface area contributed by atoms with Gasteiger partial charge in [-0.05, 0) is 36.8 Å². The van der Waals surface area contributed by atoms with E-state index in [1.165, 1.54) is 12.1 Å². The second-order valence-corrected chi connectivity index (χ2v) is 5.00. The molecule has 114 valence electrons. The molecule has 0 saturated carbocycles. The van der Waals surface area contributed by atoms with E-state index in [1.54, 1.807) is 18.2 Å². The number of esters is 1. The van der Waals surface area contributed by atoms with Crippen LogP contribution in [0.1, 0.15) is 15.9 Å². The minimum atomic E-state index is -0.984. The second kappa shape index (κ2) is 7.04. The quantitative estimate of drug-likeness (QED) is 0.876. The van der Waals surface area contributed by atoms with Crippen LogP contribution < -0.4 is 5.32 Å². The van der Waals surface area contributed by atoms with Crippen LogP contribution in [0, 0.1) is 12.7 Å². The maximum atomic E-state index is 13.5. The van der Waals surface area contributed by atoms with Crippen molar-refractivity contribution in [3.63, 3.8) is 0 Å². The number of rotatable bonds is 4. The largest absolute Gasteiger partial charge is 0.452 e. The van der Waals surface area contributed by atoms with E-state index >= 15 is 0 Å². The summed E-state index contributed by atoms with van der Waals surface area (Å²) in [6, 6.07) is 11.0. The Bertz CT molecular complexity index is 698. The summed E-state index contributed by atoms with van der Waals surface area (Å²) >= 11 is 5.75. The lowest BCUT2D eigenvalue weighted by Gasteiger charge is -2.08. The minimum Gasteiger partial charge on any atom is -0.452 e. The van der Waals surface area contributed by atoms with Gasteiger partial charge in [-0.2, -0.15) is 0 Å². The normalized spacial score (nSPS) is 10.1. The minimum absolute atomic E-state index is 0.0657. The summed E-state index contributed by atoms with van der Waals surface area (Å²) in [7, 11) is 0. The van der Waals surface area contributed by atoms with Crippen molar-refractivity contribution >= 4 is 29.2 Å². The van der Waals surface area contributed by atoms with Crippen LogP contribution in [0.5, 0.6) is 0 Å². The van der Waals surface area contributed by atoms with Crippen LogP contribution in [-0.2, 0) is 9.53 Å². The monoisotopic (exact) mass is 321 g/mol. The Morgan fingerprint density at radius 1 is 1.23 bits per heavy atom. The van der Waals surface area contributed by atoms with Crippen LogP contribution in [0.4, 0.5) is 10.1 Å². The maximum absolute atomic E-state index is 13.5. The molecule has 1 amide bonds. The van der Waals surface area contributed by atoms with Crippen LogP contribution in [0.25, 0.3) is 0 Å². The highest BCUT2D eigenvalue weighted by Crippen LogP contribution is 2.19. The summed E-state index contributed by atoms with van der Waals surface area (Å²) in [6.45, 7) is 1.35. The molecule has 0 aliphatic rings. The highest BCUT2D eigenvalue weighted by atomic mass is 35.5. The molecule has 22 heavy (non-hydrogen) atoms. The smallest absolute Gasteiger partial charge is 0.343 e. The van der Waals surface area contributed by atoms with Crippen LogP contribution in [0.3, 0.4) is 0 Å². The fourth-order valence-corrected chi connectivity index (χ4v) is 2.06. The molecule has 0 fully saturated rings. The van der Waals surface area contributed by atoms with Gasteiger partial charge in [0.2, 0.25) is 0 Å². The van der Waals surface area contributed by atoms with Crippen molar-refractivity contribution in [2.45, 2.75) is 6.92 Å². The van der Waals surface area contributed by atoms with E-state index in [0.29, 0.717) is 5.69 Å². The van der Waals surface area contributed by atoms with Crippen molar-refractivity contribution < 1.29 is 18.7 Å². The summed E-state index contributed by atoms with van der Waals surface area (Å²) in [5, 5.41) is 2.51.